The van der Waals surface area contributed by atoms with Crippen LogP contribution >= 0.6 is 0 Å². The van der Waals surface area contributed by atoms with Crippen LogP contribution in [0, 0.1) is 0 Å². The van der Waals surface area contributed by atoms with E-state index in [1.807, 2.05) is 39.0 Å². The van der Waals surface area contributed by atoms with Gasteiger partial charge in [-0.25, -0.2) is 0 Å². The highest BCUT2D eigenvalue weighted by Gasteiger charge is 2.17. The van der Waals surface area contributed by atoms with Crippen molar-refractivity contribution in [3.05, 3.63) is 29.8 Å². The maximum Gasteiger partial charge on any atom is 0.133 e. The number of rotatable bonds is 2. The molecule has 0 fully saturated rings. The maximum atomic E-state index is 9.85. The first kappa shape index (κ1) is 11.0. The second-order valence-electron chi connectivity index (χ2n) is 4.43. The summed E-state index contributed by atoms with van der Waals surface area (Å²) in [5, 5.41) is 12.9. The zero-order valence-corrected chi connectivity index (χ0v) is 8.91. The van der Waals surface area contributed by atoms with Crippen LogP contribution in [0.2, 0.25) is 0 Å². The van der Waals surface area contributed by atoms with Gasteiger partial charge in [-0.2, -0.15) is 0 Å². The molecule has 0 aliphatic rings. The van der Waals surface area contributed by atoms with E-state index in [-0.39, 0.29) is 5.54 Å². The van der Waals surface area contributed by atoms with Crippen LogP contribution in [-0.4, -0.2) is 10.6 Å². The summed E-state index contributed by atoms with van der Waals surface area (Å²) in [6, 6.07) is 7.31. The van der Waals surface area contributed by atoms with Gasteiger partial charge >= 0.3 is 0 Å². The van der Waals surface area contributed by atoms with Crippen molar-refractivity contribution in [1.82, 2.24) is 5.32 Å². The topological polar surface area (TPSA) is 58.3 Å². The van der Waals surface area contributed by atoms with Crippen LogP contribution in [0.4, 0.5) is 5.69 Å². The average molecular weight is 194 g/mol. The van der Waals surface area contributed by atoms with Crippen molar-refractivity contribution in [1.29, 1.82) is 0 Å². The predicted octanol–water partition coefficient (Wildman–Crippen LogP) is 1.65. The van der Waals surface area contributed by atoms with E-state index in [0.29, 0.717) is 5.69 Å². The third-order valence-electron chi connectivity index (χ3n) is 1.86. The van der Waals surface area contributed by atoms with Crippen molar-refractivity contribution in [2.75, 3.05) is 5.73 Å². The highest BCUT2D eigenvalue weighted by molar-refractivity contribution is 5.47. The van der Waals surface area contributed by atoms with Gasteiger partial charge < -0.3 is 10.8 Å². The van der Waals surface area contributed by atoms with E-state index in [4.69, 9.17) is 5.73 Å². The fourth-order valence-corrected chi connectivity index (χ4v) is 1.25. The summed E-state index contributed by atoms with van der Waals surface area (Å²) in [6.07, 6.45) is -0.712. The monoisotopic (exact) mass is 194 g/mol. The van der Waals surface area contributed by atoms with Gasteiger partial charge in [-0.15, -0.1) is 0 Å². The summed E-state index contributed by atoms with van der Waals surface area (Å²) in [5.41, 5.74) is 6.94. The molecule has 0 saturated carbocycles. The number of nitrogen functional groups attached to an aromatic ring is 1. The lowest BCUT2D eigenvalue weighted by molar-refractivity contribution is 0.107. The van der Waals surface area contributed by atoms with E-state index >= 15 is 0 Å². The molecule has 0 radical (unpaired) electrons. The van der Waals surface area contributed by atoms with Crippen LogP contribution in [0.15, 0.2) is 24.3 Å². The quantitative estimate of drug-likeness (QED) is 0.495. The molecule has 1 unspecified atom stereocenters. The molecule has 1 atom stereocenters. The van der Waals surface area contributed by atoms with Gasteiger partial charge in [0.1, 0.15) is 6.23 Å². The molecule has 3 heteroatoms. The Morgan fingerprint density at radius 2 is 1.86 bits per heavy atom. The Kier molecular flexibility index (Phi) is 3.13. The van der Waals surface area contributed by atoms with Gasteiger partial charge in [0.15, 0.2) is 0 Å². The molecule has 14 heavy (non-hydrogen) atoms. The van der Waals surface area contributed by atoms with E-state index in [0.717, 1.165) is 5.56 Å². The number of para-hydroxylation sites is 1. The lowest BCUT2D eigenvalue weighted by atomic mass is 10.1. The minimum atomic E-state index is -0.712. The number of anilines is 1. The van der Waals surface area contributed by atoms with Gasteiger partial charge in [-0.3, -0.25) is 5.32 Å². The first-order valence-corrected chi connectivity index (χ1v) is 4.70. The molecule has 0 aliphatic carbocycles. The van der Waals surface area contributed by atoms with E-state index in [1.165, 1.54) is 0 Å². The molecule has 0 amide bonds. The van der Waals surface area contributed by atoms with Gasteiger partial charge in [-0.05, 0) is 26.8 Å². The SMILES string of the molecule is CC(C)(C)NC(O)c1ccccc1N. The minimum absolute atomic E-state index is 0.137. The summed E-state index contributed by atoms with van der Waals surface area (Å²) in [5.74, 6) is 0. The van der Waals surface area contributed by atoms with Crippen molar-refractivity contribution in [2.24, 2.45) is 0 Å². The Morgan fingerprint density at radius 1 is 1.29 bits per heavy atom. The van der Waals surface area contributed by atoms with Gasteiger partial charge in [0.25, 0.3) is 0 Å². The van der Waals surface area contributed by atoms with Crippen LogP contribution in [0.3, 0.4) is 0 Å². The summed E-state index contributed by atoms with van der Waals surface area (Å²) in [6.45, 7) is 5.99. The zero-order chi connectivity index (χ0) is 10.8. The fraction of sp³-hybridized carbons (Fsp3) is 0.455. The molecule has 0 saturated heterocycles. The van der Waals surface area contributed by atoms with Crippen molar-refractivity contribution in [3.63, 3.8) is 0 Å². The van der Waals surface area contributed by atoms with Gasteiger partial charge in [0.2, 0.25) is 0 Å². The number of benzene rings is 1. The summed E-state index contributed by atoms with van der Waals surface area (Å²) >= 11 is 0. The molecule has 0 bridgehead atoms. The van der Waals surface area contributed by atoms with Crippen LogP contribution < -0.4 is 11.1 Å². The number of hydrogen-bond acceptors (Lipinski definition) is 3. The number of hydrogen-bond donors (Lipinski definition) is 3. The Bertz CT molecular complexity index is 304. The number of nitrogens with one attached hydrogen (secondary N) is 1. The van der Waals surface area contributed by atoms with Crippen LogP contribution in [0.5, 0.6) is 0 Å². The highest BCUT2D eigenvalue weighted by atomic mass is 16.3. The lowest BCUT2D eigenvalue weighted by Gasteiger charge is -2.25. The molecule has 3 nitrogen and oxygen atoms in total. The molecule has 0 spiro atoms. The van der Waals surface area contributed by atoms with E-state index in [2.05, 4.69) is 5.32 Å². The Hall–Kier alpha value is -1.06. The molecular formula is C11H18N2O. The molecule has 1 rings (SSSR count). The average Bonchev–Trinajstić information content (AvgIpc) is 2.01. The second kappa shape index (κ2) is 3.98. The Labute approximate surface area is 84.9 Å². The number of nitrogens with two attached hydrogens (primary N) is 1. The summed E-state index contributed by atoms with van der Waals surface area (Å²) in [4.78, 5) is 0. The van der Waals surface area contributed by atoms with Crippen molar-refractivity contribution < 1.29 is 5.11 Å². The Balaban J connectivity index is 2.80. The van der Waals surface area contributed by atoms with E-state index < -0.39 is 6.23 Å². The van der Waals surface area contributed by atoms with Crippen LogP contribution in [0.25, 0.3) is 0 Å². The van der Waals surface area contributed by atoms with Gasteiger partial charge in [0, 0.05) is 16.8 Å². The minimum Gasteiger partial charge on any atom is -0.398 e. The number of aliphatic hydroxyl groups is 1. The largest absolute Gasteiger partial charge is 0.398 e. The van der Waals surface area contributed by atoms with E-state index in [1.54, 1.807) is 6.07 Å². The zero-order valence-electron chi connectivity index (χ0n) is 8.91. The normalized spacial score (nSPS) is 14.0. The van der Waals surface area contributed by atoms with Crippen LogP contribution in [0.1, 0.15) is 32.6 Å². The summed E-state index contributed by atoms with van der Waals surface area (Å²) in [7, 11) is 0. The molecule has 78 valence electrons. The second-order valence-corrected chi connectivity index (χ2v) is 4.43. The smallest absolute Gasteiger partial charge is 0.133 e. The standard InChI is InChI=1S/C11H18N2O/c1-11(2,3)13-10(14)8-6-4-5-7-9(8)12/h4-7,10,13-14H,12H2,1-3H3. The van der Waals surface area contributed by atoms with Gasteiger partial charge in [-0.1, -0.05) is 18.2 Å². The van der Waals surface area contributed by atoms with Crippen molar-refractivity contribution >= 4 is 5.69 Å². The number of aliphatic hydroxyl groups excluding tert-OH is 1. The fourth-order valence-electron chi connectivity index (χ4n) is 1.25. The lowest BCUT2D eigenvalue weighted by Crippen LogP contribution is -2.38. The molecule has 1 aromatic rings. The third-order valence-corrected chi connectivity index (χ3v) is 1.86. The maximum absolute atomic E-state index is 9.85. The summed E-state index contributed by atoms with van der Waals surface area (Å²) < 4.78 is 0. The van der Waals surface area contributed by atoms with Gasteiger partial charge in [0.05, 0.1) is 0 Å². The molecule has 4 N–H and O–H groups in total. The molecule has 1 aromatic carbocycles. The van der Waals surface area contributed by atoms with Crippen molar-refractivity contribution in [3.8, 4) is 0 Å². The van der Waals surface area contributed by atoms with Crippen molar-refractivity contribution in [2.45, 2.75) is 32.5 Å². The highest BCUT2D eigenvalue weighted by Crippen LogP contribution is 2.19. The molecular weight excluding hydrogens is 176 g/mol. The first-order valence-electron chi connectivity index (χ1n) is 4.70. The van der Waals surface area contributed by atoms with E-state index in [9.17, 15) is 5.11 Å². The predicted molar refractivity (Wildman–Crippen MR) is 58.7 cm³/mol. The molecule has 0 aliphatic heterocycles. The van der Waals surface area contributed by atoms with Crippen LogP contribution in [-0.2, 0) is 0 Å². The molecule has 0 aromatic heterocycles. The third kappa shape index (κ3) is 3.01. The first-order chi connectivity index (χ1) is 6.40. The Morgan fingerprint density at radius 3 is 2.36 bits per heavy atom. The molecule has 0 heterocycles.